The molecule has 230 valence electrons. The predicted molar refractivity (Wildman–Crippen MR) is 176 cm³/mol. The molecule has 0 radical (unpaired) electrons. The molecule has 0 fully saturated rings. The zero-order valence-corrected chi connectivity index (χ0v) is 26.9. The van der Waals surface area contributed by atoms with E-state index in [0.717, 1.165) is 37.7 Å². The highest BCUT2D eigenvalue weighted by molar-refractivity contribution is 7.92. The molecule has 0 bridgehead atoms. The smallest absolute Gasteiger partial charge is 0.264 e. The Balaban J connectivity index is 1.81. The number of hydrogen-bond donors (Lipinski definition) is 1. The van der Waals surface area contributed by atoms with Gasteiger partial charge in [0.2, 0.25) is 11.8 Å². The summed E-state index contributed by atoms with van der Waals surface area (Å²) < 4.78 is 29.5. The van der Waals surface area contributed by atoms with Gasteiger partial charge in [-0.3, -0.25) is 13.9 Å². The highest BCUT2D eigenvalue weighted by Crippen LogP contribution is 2.27. The number of carbonyl (C=O) groups is 2. The molecule has 0 saturated carbocycles. The molecule has 2 amide bonds. The van der Waals surface area contributed by atoms with Gasteiger partial charge in [0.1, 0.15) is 12.6 Å². The number of aryl methyl sites for hydroxylation is 4. The number of likely N-dealkylation sites (N-methyl/N-ethyl adjacent to an activating group) is 1. The number of hydrogen-bond acceptors (Lipinski definition) is 4. The summed E-state index contributed by atoms with van der Waals surface area (Å²) in [4.78, 5) is 29.7. The van der Waals surface area contributed by atoms with E-state index in [4.69, 9.17) is 0 Å². The van der Waals surface area contributed by atoms with Gasteiger partial charge in [-0.2, -0.15) is 0 Å². The summed E-state index contributed by atoms with van der Waals surface area (Å²) in [5, 5.41) is 2.89. The molecule has 1 unspecified atom stereocenters. The van der Waals surface area contributed by atoms with Crippen LogP contribution >= 0.6 is 0 Å². The molecule has 0 spiro atoms. The summed E-state index contributed by atoms with van der Waals surface area (Å²) in [6, 6.07) is 28.4. The third-order valence-corrected chi connectivity index (χ3v) is 9.51. The zero-order valence-electron chi connectivity index (χ0n) is 26.1. The van der Waals surface area contributed by atoms with Crippen LogP contribution in [0.3, 0.4) is 0 Å². The Morgan fingerprint density at radius 2 is 1.43 bits per heavy atom. The molecule has 1 atom stereocenters. The summed E-state index contributed by atoms with van der Waals surface area (Å²) in [6.07, 6.45) is 0.276. The number of nitrogens with zero attached hydrogens (tertiary/aromatic N) is 2. The van der Waals surface area contributed by atoms with E-state index in [1.54, 1.807) is 36.4 Å². The number of benzene rings is 4. The van der Waals surface area contributed by atoms with Crippen LogP contribution in [-0.2, 0) is 32.6 Å². The van der Waals surface area contributed by atoms with Crippen molar-refractivity contribution >= 4 is 27.5 Å². The van der Waals surface area contributed by atoms with Crippen molar-refractivity contribution in [3.63, 3.8) is 0 Å². The monoisotopic (exact) mass is 611 g/mol. The molecule has 7 nitrogen and oxygen atoms in total. The molecule has 1 N–H and O–H groups in total. The van der Waals surface area contributed by atoms with Crippen LogP contribution in [0.1, 0.15) is 40.3 Å². The van der Waals surface area contributed by atoms with Crippen molar-refractivity contribution in [2.75, 3.05) is 17.4 Å². The zero-order chi connectivity index (χ0) is 31.9. The van der Waals surface area contributed by atoms with E-state index in [9.17, 15) is 18.0 Å². The van der Waals surface area contributed by atoms with Crippen molar-refractivity contribution < 1.29 is 18.0 Å². The van der Waals surface area contributed by atoms with Crippen LogP contribution < -0.4 is 9.62 Å². The maximum Gasteiger partial charge on any atom is 0.264 e. The molecular formula is C36H41N3O4S. The fourth-order valence-electron chi connectivity index (χ4n) is 5.10. The number of rotatable bonds is 12. The lowest BCUT2D eigenvalue weighted by molar-refractivity contribution is -0.140. The summed E-state index contributed by atoms with van der Waals surface area (Å²) in [5.74, 6) is -0.774. The number of sulfonamides is 1. The van der Waals surface area contributed by atoms with Crippen molar-refractivity contribution in [2.45, 2.75) is 58.5 Å². The van der Waals surface area contributed by atoms with Crippen LogP contribution in [0.5, 0.6) is 0 Å². The third kappa shape index (κ3) is 7.94. The molecule has 4 aromatic carbocycles. The first-order valence-electron chi connectivity index (χ1n) is 14.8. The first-order valence-corrected chi connectivity index (χ1v) is 16.3. The molecular weight excluding hydrogens is 570 g/mol. The normalized spacial score (nSPS) is 11.9. The van der Waals surface area contributed by atoms with E-state index in [-0.39, 0.29) is 23.8 Å². The fourth-order valence-corrected chi connectivity index (χ4v) is 6.51. The SMILES string of the molecule is CCNC(=O)C(Cc1ccccc1)N(Cc1cccc(C)c1)C(=O)CN(c1ccc(C)c(C)c1)S(=O)(=O)c1ccc(C)cc1. The van der Waals surface area contributed by atoms with Crippen molar-refractivity contribution in [3.8, 4) is 0 Å². The first kappa shape index (κ1) is 32.5. The van der Waals surface area contributed by atoms with Gasteiger partial charge in [-0.05, 0) is 81.1 Å². The van der Waals surface area contributed by atoms with Gasteiger partial charge in [0.25, 0.3) is 10.0 Å². The Labute approximate surface area is 261 Å². The van der Waals surface area contributed by atoms with E-state index in [1.165, 1.54) is 4.90 Å². The number of carbonyl (C=O) groups excluding carboxylic acids is 2. The quantitative estimate of drug-likeness (QED) is 0.216. The van der Waals surface area contributed by atoms with Crippen LogP contribution in [-0.4, -0.2) is 44.3 Å². The fraction of sp³-hybridized carbons (Fsp3) is 0.278. The lowest BCUT2D eigenvalue weighted by Gasteiger charge is -2.34. The Hall–Kier alpha value is -4.43. The Bertz CT molecular complexity index is 1700. The second kappa shape index (κ2) is 14.4. The van der Waals surface area contributed by atoms with Gasteiger partial charge < -0.3 is 10.2 Å². The predicted octanol–water partition coefficient (Wildman–Crippen LogP) is 5.89. The van der Waals surface area contributed by atoms with Gasteiger partial charge >= 0.3 is 0 Å². The summed E-state index contributed by atoms with van der Waals surface area (Å²) in [6.45, 7) is 9.61. The van der Waals surface area contributed by atoms with Gasteiger partial charge in [-0.1, -0.05) is 83.9 Å². The van der Waals surface area contributed by atoms with Crippen molar-refractivity contribution in [2.24, 2.45) is 0 Å². The minimum atomic E-state index is -4.14. The van der Waals surface area contributed by atoms with E-state index in [1.807, 2.05) is 95.3 Å². The molecule has 0 aliphatic heterocycles. The van der Waals surface area contributed by atoms with Crippen molar-refractivity contribution in [1.82, 2.24) is 10.2 Å². The lowest BCUT2D eigenvalue weighted by atomic mass is 10.0. The van der Waals surface area contributed by atoms with Crippen LogP contribution in [0, 0.1) is 27.7 Å². The van der Waals surface area contributed by atoms with Gasteiger partial charge in [0, 0.05) is 19.5 Å². The lowest BCUT2D eigenvalue weighted by Crippen LogP contribution is -2.53. The first-order chi connectivity index (χ1) is 21.0. The molecule has 8 heteroatoms. The largest absolute Gasteiger partial charge is 0.355 e. The van der Waals surface area contributed by atoms with Gasteiger partial charge in [0.05, 0.1) is 10.6 Å². The molecule has 0 saturated heterocycles. The molecule has 0 aliphatic rings. The third-order valence-electron chi connectivity index (χ3n) is 7.72. The second-order valence-electron chi connectivity index (χ2n) is 11.2. The number of anilines is 1. The van der Waals surface area contributed by atoms with Crippen molar-refractivity contribution in [3.05, 3.63) is 130 Å². The molecule has 0 aliphatic carbocycles. The Morgan fingerprint density at radius 1 is 0.750 bits per heavy atom. The average molecular weight is 612 g/mol. The van der Waals surface area contributed by atoms with Crippen molar-refractivity contribution in [1.29, 1.82) is 0 Å². The van der Waals surface area contributed by atoms with E-state index in [2.05, 4.69) is 5.32 Å². The minimum absolute atomic E-state index is 0.0870. The summed E-state index contributed by atoms with van der Waals surface area (Å²) >= 11 is 0. The highest BCUT2D eigenvalue weighted by atomic mass is 32.2. The Morgan fingerprint density at radius 3 is 2.07 bits per heavy atom. The van der Waals surface area contributed by atoms with Crippen LogP contribution in [0.2, 0.25) is 0 Å². The average Bonchev–Trinajstić information content (AvgIpc) is 3.00. The van der Waals surface area contributed by atoms with Gasteiger partial charge in [0.15, 0.2) is 0 Å². The summed E-state index contributed by atoms with van der Waals surface area (Å²) in [7, 11) is -4.14. The van der Waals surface area contributed by atoms with E-state index in [0.29, 0.717) is 12.2 Å². The molecule has 0 heterocycles. The van der Waals surface area contributed by atoms with E-state index >= 15 is 0 Å². The number of nitrogens with one attached hydrogen (secondary N) is 1. The maximum absolute atomic E-state index is 14.5. The molecule has 4 aromatic rings. The second-order valence-corrected chi connectivity index (χ2v) is 13.1. The molecule has 44 heavy (non-hydrogen) atoms. The van der Waals surface area contributed by atoms with Crippen LogP contribution in [0.4, 0.5) is 5.69 Å². The number of amides is 2. The standard InChI is InChI=1S/C36H41N3O4S/c1-6-37-36(41)34(23-30-12-8-7-9-13-30)38(24-31-14-10-11-27(3)21-31)35(40)25-39(32-18-17-28(4)29(5)22-32)44(42,43)33-19-15-26(2)16-20-33/h7-22,34H,6,23-25H2,1-5H3,(H,37,41). The topological polar surface area (TPSA) is 86.8 Å². The van der Waals surface area contributed by atoms with Crippen LogP contribution in [0.25, 0.3) is 0 Å². The molecule has 4 rings (SSSR count). The Kier molecular flexibility index (Phi) is 10.6. The van der Waals surface area contributed by atoms with E-state index < -0.39 is 28.5 Å². The van der Waals surface area contributed by atoms with Gasteiger partial charge in [-0.25, -0.2) is 8.42 Å². The highest BCUT2D eigenvalue weighted by Gasteiger charge is 2.34. The molecule has 0 aromatic heterocycles. The maximum atomic E-state index is 14.5. The summed E-state index contributed by atoms with van der Waals surface area (Å²) in [5.41, 5.74) is 5.98. The minimum Gasteiger partial charge on any atom is -0.355 e. The van der Waals surface area contributed by atoms with Gasteiger partial charge in [-0.15, -0.1) is 0 Å². The van der Waals surface area contributed by atoms with Crippen LogP contribution in [0.15, 0.2) is 102 Å².